The molecule has 0 atom stereocenters. The summed E-state index contributed by atoms with van der Waals surface area (Å²) in [5.74, 6) is 2.14. The number of hydrogen-bond acceptors (Lipinski definition) is 6. The van der Waals surface area contributed by atoms with Crippen molar-refractivity contribution in [2.75, 3.05) is 20.8 Å². The molecule has 0 bridgehead atoms. The first-order chi connectivity index (χ1) is 15.1. The van der Waals surface area contributed by atoms with Gasteiger partial charge in [0, 0.05) is 24.1 Å². The highest BCUT2D eigenvalue weighted by atomic mass is 32.1. The Morgan fingerprint density at radius 3 is 2.62 bits per heavy atom. The minimum atomic E-state index is -0.253. The quantitative estimate of drug-likeness (QED) is 0.432. The highest BCUT2D eigenvalue weighted by Gasteiger charge is 2.36. The molecule has 1 aromatic heterocycles. The SMILES string of the molecule is COc1ccc(CCNC(=O)c2oc3c(c2C)/C(=N\NC(N)=S)CC(C)(C)C3)cc1OC. The van der Waals surface area contributed by atoms with Crippen molar-refractivity contribution in [2.24, 2.45) is 16.3 Å². The highest BCUT2D eigenvalue weighted by molar-refractivity contribution is 7.80. The van der Waals surface area contributed by atoms with E-state index in [-0.39, 0.29) is 16.4 Å². The Morgan fingerprint density at radius 2 is 1.97 bits per heavy atom. The van der Waals surface area contributed by atoms with Gasteiger partial charge in [-0.15, -0.1) is 0 Å². The number of carbonyl (C=O) groups is 1. The summed E-state index contributed by atoms with van der Waals surface area (Å²) in [5, 5.41) is 7.41. The van der Waals surface area contributed by atoms with Gasteiger partial charge in [0.05, 0.1) is 19.9 Å². The van der Waals surface area contributed by atoms with E-state index in [1.54, 1.807) is 14.2 Å². The number of fused-ring (bicyclic) bond motifs is 1. The van der Waals surface area contributed by atoms with Crippen LogP contribution in [-0.2, 0) is 12.8 Å². The molecular weight excluding hydrogens is 428 g/mol. The molecule has 4 N–H and O–H groups in total. The van der Waals surface area contributed by atoms with E-state index in [1.165, 1.54) is 0 Å². The van der Waals surface area contributed by atoms with Gasteiger partial charge in [0.25, 0.3) is 5.91 Å². The zero-order chi connectivity index (χ0) is 23.5. The third-order valence-corrected chi connectivity index (χ3v) is 5.54. The number of nitrogens with one attached hydrogen (secondary N) is 2. The van der Waals surface area contributed by atoms with E-state index in [1.807, 2.05) is 25.1 Å². The Morgan fingerprint density at radius 1 is 1.25 bits per heavy atom. The monoisotopic (exact) mass is 458 g/mol. The van der Waals surface area contributed by atoms with E-state index in [0.29, 0.717) is 36.6 Å². The van der Waals surface area contributed by atoms with Gasteiger partial charge in [-0.2, -0.15) is 5.10 Å². The molecule has 1 aromatic carbocycles. The summed E-state index contributed by atoms with van der Waals surface area (Å²) in [6, 6.07) is 5.70. The van der Waals surface area contributed by atoms with Crippen LogP contribution in [0.5, 0.6) is 11.5 Å². The second kappa shape index (κ2) is 9.60. The zero-order valence-corrected chi connectivity index (χ0v) is 19.9. The van der Waals surface area contributed by atoms with Crippen molar-refractivity contribution in [3.63, 3.8) is 0 Å². The molecule has 2 aromatic rings. The molecule has 1 aliphatic rings. The number of hydrazone groups is 1. The molecule has 32 heavy (non-hydrogen) atoms. The van der Waals surface area contributed by atoms with Gasteiger partial charge in [0.15, 0.2) is 22.4 Å². The minimum Gasteiger partial charge on any atom is -0.493 e. The van der Waals surface area contributed by atoms with Crippen LogP contribution in [-0.4, -0.2) is 37.5 Å². The van der Waals surface area contributed by atoms with Gasteiger partial charge in [-0.25, -0.2) is 0 Å². The van der Waals surface area contributed by atoms with Crippen LogP contribution in [0.4, 0.5) is 0 Å². The lowest BCUT2D eigenvalue weighted by atomic mass is 9.75. The smallest absolute Gasteiger partial charge is 0.287 e. The molecule has 0 unspecified atom stereocenters. The number of furan rings is 1. The van der Waals surface area contributed by atoms with Crippen molar-refractivity contribution >= 4 is 28.9 Å². The second-order valence-electron chi connectivity index (χ2n) is 8.60. The van der Waals surface area contributed by atoms with Crippen LogP contribution in [0.3, 0.4) is 0 Å². The van der Waals surface area contributed by atoms with Crippen molar-refractivity contribution < 1.29 is 18.7 Å². The van der Waals surface area contributed by atoms with Crippen molar-refractivity contribution in [1.82, 2.24) is 10.7 Å². The van der Waals surface area contributed by atoms with Gasteiger partial charge >= 0.3 is 0 Å². The number of benzene rings is 1. The molecule has 0 saturated carbocycles. The second-order valence-corrected chi connectivity index (χ2v) is 9.04. The molecular formula is C23H30N4O4S. The third-order valence-electron chi connectivity index (χ3n) is 5.45. The first-order valence-electron chi connectivity index (χ1n) is 10.4. The van der Waals surface area contributed by atoms with E-state index < -0.39 is 0 Å². The van der Waals surface area contributed by atoms with E-state index in [4.69, 9.17) is 31.8 Å². The van der Waals surface area contributed by atoms with Crippen LogP contribution in [0.15, 0.2) is 27.7 Å². The maximum absolute atomic E-state index is 12.9. The predicted molar refractivity (Wildman–Crippen MR) is 128 cm³/mol. The lowest BCUT2D eigenvalue weighted by Gasteiger charge is -2.29. The van der Waals surface area contributed by atoms with E-state index in [0.717, 1.165) is 34.6 Å². The normalized spacial score (nSPS) is 15.7. The number of nitrogens with two attached hydrogens (primary N) is 1. The van der Waals surface area contributed by atoms with Crippen molar-refractivity contribution in [3.05, 3.63) is 46.4 Å². The standard InChI is InChI=1S/C23H30N4O4S/c1-13-19-15(26-27-22(24)32)11-23(2,3)12-18(19)31-20(13)21(28)25-9-8-14-6-7-16(29-4)17(10-14)30-5/h6-7,10H,8-9,11-12H2,1-5H3,(H,25,28)(H3,24,27,32)/b26-15-. The molecule has 0 fully saturated rings. The molecule has 9 heteroatoms. The molecule has 1 aliphatic carbocycles. The predicted octanol–water partition coefficient (Wildman–Crippen LogP) is 3.09. The van der Waals surface area contributed by atoms with Crippen LogP contribution in [0, 0.1) is 12.3 Å². The number of amides is 1. The zero-order valence-electron chi connectivity index (χ0n) is 19.1. The fraction of sp³-hybridized carbons (Fsp3) is 0.435. The first-order valence-corrected chi connectivity index (χ1v) is 10.8. The van der Waals surface area contributed by atoms with Crippen LogP contribution in [0.1, 0.15) is 53.3 Å². The van der Waals surface area contributed by atoms with E-state index in [9.17, 15) is 4.79 Å². The largest absolute Gasteiger partial charge is 0.493 e. The summed E-state index contributed by atoms with van der Waals surface area (Å²) < 4.78 is 16.6. The summed E-state index contributed by atoms with van der Waals surface area (Å²) in [5.41, 5.74) is 11.6. The van der Waals surface area contributed by atoms with E-state index in [2.05, 4.69) is 29.7 Å². The maximum atomic E-state index is 12.9. The molecule has 0 aliphatic heterocycles. The number of methoxy groups -OCH3 is 2. The molecule has 0 radical (unpaired) electrons. The summed E-state index contributed by atoms with van der Waals surface area (Å²) in [4.78, 5) is 12.9. The van der Waals surface area contributed by atoms with Gasteiger partial charge in [0.2, 0.25) is 0 Å². The van der Waals surface area contributed by atoms with Crippen LogP contribution in [0.2, 0.25) is 0 Å². The Kier molecular flexibility index (Phi) is 7.08. The fourth-order valence-electron chi connectivity index (χ4n) is 3.99. The molecule has 8 nitrogen and oxygen atoms in total. The summed E-state index contributed by atoms with van der Waals surface area (Å²) in [7, 11) is 3.20. The number of hydrogen-bond donors (Lipinski definition) is 3. The molecule has 3 rings (SSSR count). The van der Waals surface area contributed by atoms with Crippen LogP contribution in [0.25, 0.3) is 0 Å². The first kappa shape index (κ1) is 23.6. The topological polar surface area (TPSA) is 111 Å². The number of rotatable bonds is 7. The third kappa shape index (κ3) is 5.21. The number of ether oxygens (including phenoxy) is 2. The van der Waals surface area contributed by atoms with Gasteiger partial charge < -0.3 is 24.9 Å². The van der Waals surface area contributed by atoms with Crippen molar-refractivity contribution in [3.8, 4) is 11.5 Å². The molecule has 1 amide bonds. The molecule has 0 spiro atoms. The molecule has 0 saturated heterocycles. The number of thiocarbonyl (C=S) groups is 1. The van der Waals surface area contributed by atoms with E-state index >= 15 is 0 Å². The van der Waals surface area contributed by atoms with Gasteiger partial charge in [0.1, 0.15) is 5.76 Å². The maximum Gasteiger partial charge on any atom is 0.287 e. The Balaban J connectivity index is 1.74. The van der Waals surface area contributed by atoms with Gasteiger partial charge in [-0.1, -0.05) is 19.9 Å². The van der Waals surface area contributed by atoms with Crippen molar-refractivity contribution in [2.45, 2.75) is 40.0 Å². The summed E-state index contributed by atoms with van der Waals surface area (Å²) >= 11 is 4.87. The molecule has 172 valence electrons. The average molecular weight is 459 g/mol. The Bertz CT molecular complexity index is 1060. The van der Waals surface area contributed by atoms with Crippen LogP contribution < -0.4 is 25.9 Å². The number of carbonyl (C=O) groups excluding carboxylic acids is 1. The fourth-order valence-corrected chi connectivity index (χ4v) is 4.03. The Hall–Kier alpha value is -3.07. The molecule has 1 heterocycles. The van der Waals surface area contributed by atoms with Crippen LogP contribution >= 0.6 is 12.2 Å². The minimum absolute atomic E-state index is 0.0603. The summed E-state index contributed by atoms with van der Waals surface area (Å²) in [6.07, 6.45) is 2.08. The van der Waals surface area contributed by atoms with Crippen molar-refractivity contribution in [1.29, 1.82) is 0 Å². The number of nitrogens with zero attached hydrogens (tertiary/aromatic N) is 1. The highest BCUT2D eigenvalue weighted by Crippen LogP contribution is 2.38. The van der Waals surface area contributed by atoms with Gasteiger partial charge in [-0.3, -0.25) is 10.2 Å². The lowest BCUT2D eigenvalue weighted by Crippen LogP contribution is -2.31. The summed E-state index contributed by atoms with van der Waals surface area (Å²) in [6.45, 7) is 6.59. The Labute approximate surface area is 193 Å². The van der Waals surface area contributed by atoms with Gasteiger partial charge in [-0.05, 0) is 55.1 Å². The average Bonchev–Trinajstić information content (AvgIpc) is 3.06. The lowest BCUT2D eigenvalue weighted by molar-refractivity contribution is 0.0922.